The van der Waals surface area contributed by atoms with Crippen molar-refractivity contribution < 1.29 is 4.74 Å². The summed E-state index contributed by atoms with van der Waals surface area (Å²) in [6, 6.07) is 16.2. The van der Waals surface area contributed by atoms with E-state index in [-0.39, 0.29) is 0 Å². The molecule has 154 valence electrons. The summed E-state index contributed by atoms with van der Waals surface area (Å²) >= 11 is 0. The minimum atomic E-state index is 0.475. The number of benzene rings is 1. The number of nitrogens with one attached hydrogen (secondary N) is 1. The van der Waals surface area contributed by atoms with Gasteiger partial charge in [-0.15, -0.1) is 0 Å². The third-order valence-electron chi connectivity index (χ3n) is 5.20. The Morgan fingerprint density at radius 1 is 0.935 bits per heavy atom. The molecule has 7 heteroatoms. The summed E-state index contributed by atoms with van der Waals surface area (Å²) in [6.07, 6.45) is 5.35. The molecule has 1 aromatic carbocycles. The van der Waals surface area contributed by atoms with Gasteiger partial charge in [-0.1, -0.05) is 18.2 Å². The van der Waals surface area contributed by atoms with Crippen molar-refractivity contribution in [3.8, 4) is 16.9 Å². The average Bonchev–Trinajstić information content (AvgIpc) is 2.80. The lowest BCUT2D eigenvalue weighted by Crippen LogP contribution is -2.30. The molecule has 5 rings (SSSR count). The maximum Gasteiger partial charge on any atom is 0.230 e. The lowest BCUT2D eigenvalue weighted by molar-refractivity contribution is 0.310. The molecule has 4 heterocycles. The highest BCUT2D eigenvalue weighted by atomic mass is 16.5. The van der Waals surface area contributed by atoms with Crippen LogP contribution in [0.2, 0.25) is 0 Å². The Labute approximate surface area is 180 Å². The molecule has 1 aliphatic heterocycles. The fourth-order valence-electron chi connectivity index (χ4n) is 3.65. The van der Waals surface area contributed by atoms with Gasteiger partial charge in [0.25, 0.3) is 0 Å². The Morgan fingerprint density at radius 3 is 2.65 bits per heavy atom. The minimum absolute atomic E-state index is 0.475. The molecule has 0 atom stereocenters. The van der Waals surface area contributed by atoms with Crippen molar-refractivity contribution in [2.45, 2.75) is 13.8 Å². The van der Waals surface area contributed by atoms with E-state index in [0.717, 1.165) is 34.9 Å². The largest absolute Gasteiger partial charge is 0.486 e. The van der Waals surface area contributed by atoms with E-state index < -0.39 is 0 Å². The third kappa shape index (κ3) is 3.90. The Balaban J connectivity index is 1.41. The zero-order valence-corrected chi connectivity index (χ0v) is 17.4. The van der Waals surface area contributed by atoms with Crippen molar-refractivity contribution in [3.05, 3.63) is 78.4 Å². The smallest absolute Gasteiger partial charge is 0.230 e. The summed E-state index contributed by atoms with van der Waals surface area (Å²) in [7, 11) is 0. The van der Waals surface area contributed by atoms with Crippen LogP contribution >= 0.6 is 0 Å². The van der Waals surface area contributed by atoms with E-state index in [9.17, 15) is 0 Å². The van der Waals surface area contributed by atoms with Gasteiger partial charge in [0, 0.05) is 29.3 Å². The molecule has 0 saturated heterocycles. The summed E-state index contributed by atoms with van der Waals surface area (Å²) in [6.45, 7) is 5.40. The van der Waals surface area contributed by atoms with Crippen molar-refractivity contribution in [3.63, 3.8) is 0 Å². The van der Waals surface area contributed by atoms with Crippen LogP contribution in [0.4, 0.5) is 23.3 Å². The number of para-hydroxylation sites is 1. The second kappa shape index (κ2) is 8.02. The number of aromatic nitrogens is 4. The van der Waals surface area contributed by atoms with Gasteiger partial charge in [0.1, 0.15) is 12.4 Å². The maximum absolute atomic E-state index is 5.78. The fraction of sp³-hybridized carbons (Fsp3) is 0.167. The zero-order chi connectivity index (χ0) is 21.2. The maximum atomic E-state index is 5.78. The first-order valence-electron chi connectivity index (χ1n) is 10.2. The van der Waals surface area contributed by atoms with Crippen molar-refractivity contribution in [1.82, 2.24) is 19.9 Å². The SMILES string of the molecule is Cc1cc(-c2ccc(Nc3ncc4c(n3)N(c3ccccc3C)CCO4)nc2)ccn1. The van der Waals surface area contributed by atoms with Gasteiger partial charge in [0.15, 0.2) is 11.6 Å². The predicted octanol–water partition coefficient (Wildman–Crippen LogP) is 4.82. The molecular formula is C24H22N6O. The quantitative estimate of drug-likeness (QED) is 0.517. The molecule has 0 spiro atoms. The second-order valence-electron chi connectivity index (χ2n) is 7.41. The first-order chi connectivity index (χ1) is 15.2. The first-order valence-corrected chi connectivity index (χ1v) is 10.2. The number of aryl methyl sites for hydroxylation is 2. The molecule has 1 N–H and O–H groups in total. The van der Waals surface area contributed by atoms with E-state index >= 15 is 0 Å². The van der Waals surface area contributed by atoms with Crippen LogP contribution in [0.1, 0.15) is 11.3 Å². The number of hydrogen-bond donors (Lipinski definition) is 1. The molecule has 0 unspecified atom stereocenters. The van der Waals surface area contributed by atoms with Crippen LogP contribution in [0.3, 0.4) is 0 Å². The van der Waals surface area contributed by atoms with Crippen LogP contribution < -0.4 is 15.0 Å². The highest BCUT2D eigenvalue weighted by Gasteiger charge is 2.23. The van der Waals surface area contributed by atoms with Gasteiger partial charge in [-0.25, -0.2) is 9.97 Å². The summed E-state index contributed by atoms with van der Waals surface area (Å²) in [5.74, 6) is 2.58. The number of fused-ring (bicyclic) bond motifs is 1. The topological polar surface area (TPSA) is 76.1 Å². The number of ether oxygens (including phenoxy) is 1. The number of nitrogens with zero attached hydrogens (tertiary/aromatic N) is 5. The average molecular weight is 410 g/mol. The molecule has 0 radical (unpaired) electrons. The number of hydrogen-bond acceptors (Lipinski definition) is 7. The second-order valence-corrected chi connectivity index (χ2v) is 7.41. The summed E-state index contributed by atoms with van der Waals surface area (Å²) in [5, 5.41) is 3.20. The van der Waals surface area contributed by atoms with Crippen molar-refractivity contribution in [1.29, 1.82) is 0 Å². The van der Waals surface area contributed by atoms with Crippen molar-refractivity contribution >= 4 is 23.3 Å². The molecular weight excluding hydrogens is 388 g/mol. The summed E-state index contributed by atoms with van der Waals surface area (Å²) in [4.78, 5) is 20.1. The van der Waals surface area contributed by atoms with Crippen molar-refractivity contribution in [2.24, 2.45) is 0 Å². The highest BCUT2D eigenvalue weighted by molar-refractivity contribution is 5.70. The third-order valence-corrected chi connectivity index (χ3v) is 5.20. The molecule has 3 aromatic heterocycles. The molecule has 1 aliphatic rings. The Morgan fingerprint density at radius 2 is 1.84 bits per heavy atom. The number of rotatable bonds is 4. The van der Waals surface area contributed by atoms with E-state index in [2.05, 4.69) is 44.2 Å². The molecule has 4 aromatic rings. The first kappa shape index (κ1) is 19.0. The summed E-state index contributed by atoms with van der Waals surface area (Å²) in [5.41, 5.74) is 5.39. The predicted molar refractivity (Wildman–Crippen MR) is 121 cm³/mol. The molecule has 0 aliphatic carbocycles. The van der Waals surface area contributed by atoms with E-state index in [1.165, 1.54) is 5.56 Å². The van der Waals surface area contributed by atoms with Crippen LogP contribution in [-0.2, 0) is 0 Å². The van der Waals surface area contributed by atoms with Gasteiger partial charge >= 0.3 is 0 Å². The van der Waals surface area contributed by atoms with E-state index in [1.54, 1.807) is 12.4 Å². The number of anilines is 4. The van der Waals surface area contributed by atoms with E-state index in [0.29, 0.717) is 24.1 Å². The fourth-order valence-corrected chi connectivity index (χ4v) is 3.65. The number of pyridine rings is 2. The van der Waals surface area contributed by atoms with Crippen LogP contribution in [0.25, 0.3) is 11.1 Å². The molecule has 0 bridgehead atoms. The standard InChI is InChI=1S/C24H22N6O/c1-16-5-3-4-6-20(16)30-11-12-31-21-15-27-24(29-23(21)30)28-22-8-7-19(14-26-22)18-9-10-25-17(2)13-18/h3-10,13-15H,11-12H2,1-2H3,(H,26,27,28,29). The van der Waals surface area contributed by atoms with Crippen LogP contribution in [-0.4, -0.2) is 33.1 Å². The van der Waals surface area contributed by atoms with Gasteiger partial charge in [-0.3, -0.25) is 4.98 Å². The van der Waals surface area contributed by atoms with Gasteiger partial charge in [-0.05, 0) is 55.3 Å². The minimum Gasteiger partial charge on any atom is -0.486 e. The van der Waals surface area contributed by atoms with E-state index in [4.69, 9.17) is 9.72 Å². The molecule has 7 nitrogen and oxygen atoms in total. The Hall–Kier alpha value is -4.00. The van der Waals surface area contributed by atoms with E-state index in [1.807, 2.05) is 49.5 Å². The van der Waals surface area contributed by atoms with Gasteiger partial charge in [-0.2, -0.15) is 4.98 Å². The van der Waals surface area contributed by atoms with Gasteiger partial charge < -0.3 is 15.0 Å². The molecule has 0 fully saturated rings. The van der Waals surface area contributed by atoms with Gasteiger partial charge in [0.2, 0.25) is 5.95 Å². The summed E-state index contributed by atoms with van der Waals surface area (Å²) < 4.78 is 5.78. The lowest BCUT2D eigenvalue weighted by Gasteiger charge is -2.31. The van der Waals surface area contributed by atoms with Crippen molar-refractivity contribution in [2.75, 3.05) is 23.4 Å². The van der Waals surface area contributed by atoms with Crippen LogP contribution in [0, 0.1) is 13.8 Å². The molecule has 0 amide bonds. The highest BCUT2D eigenvalue weighted by Crippen LogP contribution is 2.36. The van der Waals surface area contributed by atoms with Gasteiger partial charge in [0.05, 0.1) is 12.7 Å². The molecule has 0 saturated carbocycles. The van der Waals surface area contributed by atoms with Crippen LogP contribution in [0.15, 0.2) is 67.1 Å². The Kier molecular flexibility index (Phi) is 4.92. The van der Waals surface area contributed by atoms with Crippen LogP contribution in [0.5, 0.6) is 5.75 Å². The monoisotopic (exact) mass is 410 g/mol. The molecule has 31 heavy (non-hydrogen) atoms. The normalized spacial score (nSPS) is 12.8. The Bertz CT molecular complexity index is 1220. The lowest BCUT2D eigenvalue weighted by atomic mass is 10.1. The zero-order valence-electron chi connectivity index (χ0n) is 17.4.